The Balaban J connectivity index is 2.01. The molecule has 1 aliphatic heterocycles. The van der Waals surface area contributed by atoms with Gasteiger partial charge in [0.1, 0.15) is 23.8 Å². The van der Waals surface area contributed by atoms with Gasteiger partial charge in [-0.3, -0.25) is 10.1 Å². The summed E-state index contributed by atoms with van der Waals surface area (Å²) >= 11 is 0. The molecule has 1 unspecified atom stereocenters. The van der Waals surface area contributed by atoms with E-state index < -0.39 is 5.60 Å². The van der Waals surface area contributed by atoms with Crippen molar-refractivity contribution in [1.29, 1.82) is 0 Å². The van der Waals surface area contributed by atoms with Crippen molar-refractivity contribution >= 4 is 5.97 Å². The van der Waals surface area contributed by atoms with Crippen LogP contribution in [0.5, 0.6) is 0 Å². The monoisotopic (exact) mass is 224 g/mol. The van der Waals surface area contributed by atoms with Gasteiger partial charge in [0.05, 0.1) is 13.1 Å². The van der Waals surface area contributed by atoms with E-state index in [1.54, 1.807) is 6.33 Å². The van der Waals surface area contributed by atoms with Crippen LogP contribution in [0, 0.1) is 0 Å². The maximum absolute atomic E-state index is 11.8. The average molecular weight is 224 g/mol. The fourth-order valence-corrected chi connectivity index (χ4v) is 1.57. The van der Waals surface area contributed by atoms with Crippen molar-refractivity contribution in [3.63, 3.8) is 0 Å². The van der Waals surface area contributed by atoms with Crippen molar-refractivity contribution < 1.29 is 9.53 Å². The van der Waals surface area contributed by atoms with E-state index in [2.05, 4.69) is 15.5 Å². The molecule has 6 nitrogen and oxygen atoms in total. The Kier molecular flexibility index (Phi) is 2.67. The van der Waals surface area contributed by atoms with Crippen LogP contribution in [-0.4, -0.2) is 32.4 Å². The smallest absolute Gasteiger partial charge is 0.325 e. The molecule has 2 heterocycles. The van der Waals surface area contributed by atoms with E-state index in [0.29, 0.717) is 13.1 Å². The number of aromatic nitrogens is 3. The van der Waals surface area contributed by atoms with E-state index in [1.807, 2.05) is 25.3 Å². The highest BCUT2D eigenvalue weighted by atomic mass is 16.6. The molecule has 0 spiro atoms. The second-order valence-corrected chi connectivity index (χ2v) is 4.87. The van der Waals surface area contributed by atoms with E-state index in [0.717, 1.165) is 5.82 Å². The maximum Gasteiger partial charge on any atom is 0.325 e. The highest BCUT2D eigenvalue weighted by molar-refractivity contribution is 5.76. The summed E-state index contributed by atoms with van der Waals surface area (Å²) in [5.41, 5.74) is -0.452. The first-order valence-corrected chi connectivity index (χ1v) is 5.28. The summed E-state index contributed by atoms with van der Waals surface area (Å²) in [6.45, 7) is 6.65. The molecule has 16 heavy (non-hydrogen) atoms. The molecule has 88 valence electrons. The molecule has 1 N–H and O–H groups in total. The highest BCUT2D eigenvalue weighted by Crippen LogP contribution is 2.12. The van der Waals surface area contributed by atoms with E-state index in [4.69, 9.17) is 4.74 Å². The molecule has 6 heteroatoms. The predicted molar refractivity (Wildman–Crippen MR) is 56.5 cm³/mol. The third-order valence-electron chi connectivity index (χ3n) is 2.27. The molecule has 1 aliphatic rings. The lowest BCUT2D eigenvalue weighted by atomic mass is 10.2. The Labute approximate surface area is 94.0 Å². The summed E-state index contributed by atoms with van der Waals surface area (Å²) in [7, 11) is 0. The lowest BCUT2D eigenvalue weighted by molar-refractivity contribution is -0.158. The Morgan fingerprint density at radius 3 is 3.06 bits per heavy atom. The molecule has 2 rings (SSSR count). The van der Waals surface area contributed by atoms with Crippen LogP contribution >= 0.6 is 0 Å². The van der Waals surface area contributed by atoms with E-state index in [9.17, 15) is 4.79 Å². The molecule has 0 aromatic carbocycles. The van der Waals surface area contributed by atoms with Crippen LogP contribution in [-0.2, 0) is 22.6 Å². The number of hydrogen-bond acceptors (Lipinski definition) is 5. The molecular formula is C10H16N4O2. The Morgan fingerprint density at radius 2 is 2.38 bits per heavy atom. The largest absolute Gasteiger partial charge is 0.459 e. The highest BCUT2D eigenvalue weighted by Gasteiger charge is 2.28. The van der Waals surface area contributed by atoms with Crippen LogP contribution in [0.15, 0.2) is 6.33 Å². The lowest BCUT2D eigenvalue weighted by Crippen LogP contribution is -2.47. The summed E-state index contributed by atoms with van der Waals surface area (Å²) in [6, 6.07) is -0.317. The summed E-state index contributed by atoms with van der Waals surface area (Å²) in [4.78, 5) is 11.8. The number of nitrogens with one attached hydrogen (secondary N) is 1. The Bertz CT molecular complexity index is 394. The predicted octanol–water partition coefficient (Wildman–Crippen LogP) is 0.0916. The third kappa shape index (κ3) is 2.38. The second kappa shape index (κ2) is 3.86. The molecule has 0 saturated heterocycles. The van der Waals surface area contributed by atoms with Crippen molar-refractivity contribution in [2.75, 3.05) is 0 Å². The number of hydrogen-bond donors (Lipinski definition) is 1. The van der Waals surface area contributed by atoms with Gasteiger partial charge < -0.3 is 9.30 Å². The number of esters is 1. The number of nitrogens with zero attached hydrogens (tertiary/aromatic N) is 3. The second-order valence-electron chi connectivity index (χ2n) is 4.87. The van der Waals surface area contributed by atoms with E-state index >= 15 is 0 Å². The fourth-order valence-electron chi connectivity index (χ4n) is 1.57. The maximum atomic E-state index is 11.8. The van der Waals surface area contributed by atoms with Crippen molar-refractivity contribution in [3.8, 4) is 0 Å². The summed E-state index contributed by atoms with van der Waals surface area (Å²) in [5, 5.41) is 10.8. The van der Waals surface area contributed by atoms with Gasteiger partial charge in [0.15, 0.2) is 0 Å². The van der Waals surface area contributed by atoms with Crippen LogP contribution in [0.3, 0.4) is 0 Å². The Morgan fingerprint density at radius 1 is 1.62 bits per heavy atom. The molecule has 1 aromatic heterocycles. The van der Waals surface area contributed by atoms with Crippen LogP contribution < -0.4 is 5.32 Å². The summed E-state index contributed by atoms with van der Waals surface area (Å²) in [5.74, 6) is 0.617. The van der Waals surface area contributed by atoms with Gasteiger partial charge in [0, 0.05) is 0 Å². The number of rotatable bonds is 1. The van der Waals surface area contributed by atoms with Gasteiger partial charge in [-0.1, -0.05) is 0 Å². The van der Waals surface area contributed by atoms with Gasteiger partial charge in [-0.25, -0.2) is 0 Å². The van der Waals surface area contributed by atoms with Gasteiger partial charge in [-0.05, 0) is 20.8 Å². The van der Waals surface area contributed by atoms with Gasteiger partial charge in [-0.15, -0.1) is 10.2 Å². The zero-order chi connectivity index (χ0) is 11.8. The molecular weight excluding hydrogens is 208 g/mol. The summed E-state index contributed by atoms with van der Waals surface area (Å²) in [6.07, 6.45) is 1.63. The standard InChI is InChI=1S/C10H16N4O2/c1-10(2,3)16-9(15)7-5-14-6-12-13-8(14)4-11-7/h6-7,11H,4-5H2,1-3H3. The quantitative estimate of drug-likeness (QED) is 0.685. The number of ether oxygens (including phenoxy) is 1. The first-order chi connectivity index (χ1) is 7.46. The van der Waals surface area contributed by atoms with Crippen LogP contribution in [0.1, 0.15) is 26.6 Å². The molecule has 1 atom stereocenters. The lowest BCUT2D eigenvalue weighted by Gasteiger charge is -2.27. The SMILES string of the molecule is CC(C)(C)OC(=O)C1Cn2cnnc2CN1. The van der Waals surface area contributed by atoms with Crippen molar-refractivity contribution in [2.45, 2.75) is 45.5 Å². The zero-order valence-corrected chi connectivity index (χ0v) is 9.73. The van der Waals surface area contributed by atoms with Crippen LogP contribution in [0.2, 0.25) is 0 Å². The first kappa shape index (κ1) is 11.1. The van der Waals surface area contributed by atoms with Crippen LogP contribution in [0.25, 0.3) is 0 Å². The van der Waals surface area contributed by atoms with Gasteiger partial charge >= 0.3 is 5.97 Å². The van der Waals surface area contributed by atoms with Crippen molar-refractivity contribution in [1.82, 2.24) is 20.1 Å². The molecule has 0 aliphatic carbocycles. The van der Waals surface area contributed by atoms with Crippen molar-refractivity contribution in [2.24, 2.45) is 0 Å². The number of carbonyl (C=O) groups excluding carboxylic acids is 1. The average Bonchev–Trinajstić information content (AvgIpc) is 2.61. The topological polar surface area (TPSA) is 69.0 Å². The molecule has 1 aromatic rings. The number of carbonyl (C=O) groups is 1. The normalized spacial score (nSPS) is 20.3. The molecule has 0 fully saturated rings. The minimum atomic E-state index is -0.452. The van der Waals surface area contributed by atoms with E-state index in [-0.39, 0.29) is 12.0 Å². The Hall–Kier alpha value is -1.43. The zero-order valence-electron chi connectivity index (χ0n) is 9.73. The van der Waals surface area contributed by atoms with Crippen LogP contribution in [0.4, 0.5) is 0 Å². The van der Waals surface area contributed by atoms with Crippen molar-refractivity contribution in [3.05, 3.63) is 12.2 Å². The number of fused-ring (bicyclic) bond motifs is 1. The molecule has 0 saturated carbocycles. The first-order valence-electron chi connectivity index (χ1n) is 5.28. The molecule has 0 radical (unpaired) electrons. The molecule has 0 bridgehead atoms. The minimum Gasteiger partial charge on any atom is -0.459 e. The fraction of sp³-hybridized carbons (Fsp3) is 0.700. The van der Waals surface area contributed by atoms with Gasteiger partial charge in [-0.2, -0.15) is 0 Å². The third-order valence-corrected chi connectivity index (χ3v) is 2.27. The minimum absolute atomic E-state index is 0.230. The van der Waals surface area contributed by atoms with E-state index in [1.165, 1.54) is 0 Å². The van der Waals surface area contributed by atoms with Gasteiger partial charge in [0.25, 0.3) is 0 Å². The van der Waals surface area contributed by atoms with Gasteiger partial charge in [0.2, 0.25) is 0 Å². The summed E-state index contributed by atoms with van der Waals surface area (Å²) < 4.78 is 7.18. The molecule has 0 amide bonds.